The van der Waals surface area contributed by atoms with Crippen molar-refractivity contribution in [2.45, 2.75) is 51.0 Å². The van der Waals surface area contributed by atoms with E-state index in [-0.39, 0.29) is 11.9 Å². The fourth-order valence-electron chi connectivity index (χ4n) is 5.18. The Hall–Kier alpha value is -2.89. The Bertz CT molecular complexity index is 954. The first-order valence-corrected chi connectivity index (χ1v) is 11.9. The summed E-state index contributed by atoms with van der Waals surface area (Å²) in [6.07, 6.45) is 7.48. The second kappa shape index (κ2) is 10.8. The average Bonchev–Trinajstić information content (AvgIpc) is 3.38. The topological polar surface area (TPSA) is 57.2 Å². The number of nitrogens with zero attached hydrogens (tertiary/aromatic N) is 1. The summed E-state index contributed by atoms with van der Waals surface area (Å²) in [5.74, 6) is 3.63. The van der Waals surface area contributed by atoms with Crippen molar-refractivity contribution in [2.24, 2.45) is 5.92 Å². The van der Waals surface area contributed by atoms with Gasteiger partial charge >= 0.3 is 0 Å². The third-order valence-corrected chi connectivity index (χ3v) is 7.03. The Balaban J connectivity index is 1.59. The van der Waals surface area contributed by atoms with Crippen molar-refractivity contribution in [1.82, 2.24) is 4.90 Å². The molecule has 0 spiro atoms. The normalized spacial score (nSPS) is 18.0. The zero-order valence-corrected chi connectivity index (χ0v) is 20.0. The number of rotatable bonds is 9. The van der Waals surface area contributed by atoms with Crippen LogP contribution >= 0.6 is 0 Å². The highest BCUT2D eigenvalue weighted by atomic mass is 16.5. The van der Waals surface area contributed by atoms with Crippen LogP contribution in [0.5, 0.6) is 23.0 Å². The molecule has 2 aromatic carbocycles. The maximum Gasteiger partial charge on any atom is 0.223 e. The van der Waals surface area contributed by atoms with Crippen molar-refractivity contribution >= 4 is 5.91 Å². The highest BCUT2D eigenvalue weighted by Crippen LogP contribution is 2.39. The molecule has 2 aliphatic rings. The van der Waals surface area contributed by atoms with Crippen LogP contribution in [0.15, 0.2) is 36.4 Å². The van der Waals surface area contributed by atoms with Crippen molar-refractivity contribution in [3.05, 3.63) is 47.5 Å². The van der Waals surface area contributed by atoms with E-state index in [1.165, 1.54) is 31.2 Å². The van der Waals surface area contributed by atoms with Gasteiger partial charge in [-0.1, -0.05) is 37.8 Å². The van der Waals surface area contributed by atoms with Crippen molar-refractivity contribution in [1.29, 1.82) is 0 Å². The number of benzene rings is 2. The molecule has 0 saturated heterocycles. The molecule has 4 rings (SSSR count). The first-order chi connectivity index (χ1) is 16.1. The Morgan fingerprint density at radius 1 is 0.939 bits per heavy atom. The minimum atomic E-state index is -0.199. The molecule has 1 unspecified atom stereocenters. The zero-order valence-electron chi connectivity index (χ0n) is 20.0. The summed E-state index contributed by atoms with van der Waals surface area (Å²) in [7, 11) is 4.92. The summed E-state index contributed by atoms with van der Waals surface area (Å²) in [6, 6.07) is 11.4. The summed E-state index contributed by atoms with van der Waals surface area (Å²) in [6.45, 7) is 1.02. The van der Waals surface area contributed by atoms with E-state index >= 15 is 0 Å². The number of methoxy groups -OCH3 is 3. The van der Waals surface area contributed by atoms with Gasteiger partial charge in [-0.05, 0) is 54.2 Å². The van der Waals surface area contributed by atoms with Crippen molar-refractivity contribution in [3.63, 3.8) is 0 Å². The van der Waals surface area contributed by atoms with Crippen LogP contribution < -0.4 is 18.9 Å². The lowest BCUT2D eigenvalue weighted by Crippen LogP contribution is -2.42. The van der Waals surface area contributed by atoms with Crippen LogP contribution in [0.2, 0.25) is 0 Å². The maximum atomic E-state index is 13.4. The fourth-order valence-corrected chi connectivity index (χ4v) is 5.18. The molecule has 1 heterocycles. The smallest absolute Gasteiger partial charge is 0.223 e. The fraction of sp³-hybridized carbons (Fsp3) is 0.519. The molecule has 1 aliphatic carbocycles. The van der Waals surface area contributed by atoms with E-state index in [2.05, 4.69) is 0 Å². The van der Waals surface area contributed by atoms with Crippen LogP contribution in [0.3, 0.4) is 0 Å². The standard InChI is InChI=1S/C27H35NO5/c1-30-23-10-6-7-11-24(23)33-18-22-21-17-26(32-3)25(31-2)16-20(21)14-15-28(22)27(29)13-12-19-8-4-5-9-19/h6-7,10-11,16-17,19,22H,4-5,8-9,12-15,18H2,1-3H3. The van der Waals surface area contributed by atoms with Crippen LogP contribution in [-0.4, -0.2) is 45.3 Å². The first kappa shape index (κ1) is 23.3. The largest absolute Gasteiger partial charge is 0.493 e. The van der Waals surface area contributed by atoms with Gasteiger partial charge in [-0.15, -0.1) is 0 Å². The maximum absolute atomic E-state index is 13.4. The van der Waals surface area contributed by atoms with Gasteiger partial charge in [-0.3, -0.25) is 4.79 Å². The van der Waals surface area contributed by atoms with Gasteiger partial charge in [0.15, 0.2) is 23.0 Å². The van der Waals surface area contributed by atoms with Crippen molar-refractivity contribution in [3.8, 4) is 23.0 Å². The lowest BCUT2D eigenvalue weighted by Gasteiger charge is -2.38. The number of carbonyl (C=O) groups is 1. The van der Waals surface area contributed by atoms with Gasteiger partial charge in [-0.2, -0.15) is 0 Å². The molecular formula is C27H35NO5. The number of hydrogen-bond donors (Lipinski definition) is 0. The molecular weight excluding hydrogens is 418 g/mol. The quantitative estimate of drug-likeness (QED) is 0.523. The van der Waals surface area contributed by atoms with Crippen molar-refractivity contribution < 1.29 is 23.7 Å². The van der Waals surface area contributed by atoms with E-state index in [0.29, 0.717) is 48.5 Å². The number of fused-ring (bicyclic) bond motifs is 1. The Labute approximate surface area is 196 Å². The number of para-hydroxylation sites is 2. The molecule has 0 N–H and O–H groups in total. The van der Waals surface area contributed by atoms with Gasteiger partial charge in [-0.25, -0.2) is 0 Å². The van der Waals surface area contributed by atoms with Crippen LogP contribution in [0, 0.1) is 5.92 Å². The predicted octanol–water partition coefficient (Wildman–Crippen LogP) is 5.19. The highest BCUT2D eigenvalue weighted by Gasteiger charge is 2.33. The second-order valence-corrected chi connectivity index (χ2v) is 8.91. The van der Waals surface area contributed by atoms with E-state index < -0.39 is 0 Å². The second-order valence-electron chi connectivity index (χ2n) is 8.91. The van der Waals surface area contributed by atoms with E-state index in [0.717, 1.165) is 18.4 Å². The summed E-state index contributed by atoms with van der Waals surface area (Å²) in [5, 5.41) is 0. The molecule has 1 fully saturated rings. The summed E-state index contributed by atoms with van der Waals surface area (Å²) in [5.41, 5.74) is 2.23. The van der Waals surface area contributed by atoms with Gasteiger partial charge in [0.05, 0.1) is 27.4 Å². The molecule has 178 valence electrons. The predicted molar refractivity (Wildman–Crippen MR) is 127 cm³/mol. The lowest BCUT2D eigenvalue weighted by molar-refractivity contribution is -0.135. The van der Waals surface area contributed by atoms with Gasteiger partial charge in [0, 0.05) is 13.0 Å². The van der Waals surface area contributed by atoms with Crippen LogP contribution in [0.25, 0.3) is 0 Å². The molecule has 1 saturated carbocycles. The van der Waals surface area contributed by atoms with E-state index in [4.69, 9.17) is 18.9 Å². The number of carbonyl (C=O) groups excluding carboxylic acids is 1. The molecule has 1 atom stereocenters. The van der Waals surface area contributed by atoms with E-state index in [1.54, 1.807) is 21.3 Å². The number of ether oxygens (including phenoxy) is 4. The van der Waals surface area contributed by atoms with Crippen molar-refractivity contribution in [2.75, 3.05) is 34.5 Å². The SMILES string of the molecule is COc1cc2c(cc1OC)C(COc1ccccc1OC)N(C(=O)CCC1CCCC1)CC2. The molecule has 1 amide bonds. The van der Waals surface area contributed by atoms with Gasteiger partial charge in [0.25, 0.3) is 0 Å². The minimum Gasteiger partial charge on any atom is -0.493 e. The summed E-state index contributed by atoms with van der Waals surface area (Å²) in [4.78, 5) is 15.4. The zero-order chi connectivity index (χ0) is 23.2. The Kier molecular flexibility index (Phi) is 7.63. The first-order valence-electron chi connectivity index (χ1n) is 11.9. The highest BCUT2D eigenvalue weighted by molar-refractivity contribution is 5.77. The number of hydrogen-bond acceptors (Lipinski definition) is 5. The summed E-state index contributed by atoms with van der Waals surface area (Å²) >= 11 is 0. The van der Waals surface area contributed by atoms with Crippen LogP contribution in [-0.2, 0) is 11.2 Å². The van der Waals surface area contributed by atoms with Gasteiger partial charge in [0.2, 0.25) is 5.91 Å². The molecule has 0 aromatic heterocycles. The Morgan fingerprint density at radius 2 is 1.61 bits per heavy atom. The van der Waals surface area contributed by atoms with E-state index in [1.807, 2.05) is 41.3 Å². The van der Waals surface area contributed by atoms with Crippen LogP contribution in [0.1, 0.15) is 55.7 Å². The molecule has 6 heteroatoms. The average molecular weight is 454 g/mol. The minimum absolute atomic E-state index is 0.199. The molecule has 1 aliphatic heterocycles. The lowest BCUT2D eigenvalue weighted by atomic mass is 9.91. The van der Waals surface area contributed by atoms with Gasteiger partial charge < -0.3 is 23.8 Å². The summed E-state index contributed by atoms with van der Waals surface area (Å²) < 4.78 is 22.8. The van der Waals surface area contributed by atoms with Crippen LogP contribution in [0.4, 0.5) is 0 Å². The monoisotopic (exact) mass is 453 g/mol. The third-order valence-electron chi connectivity index (χ3n) is 7.03. The molecule has 0 bridgehead atoms. The molecule has 2 aromatic rings. The number of amides is 1. The van der Waals surface area contributed by atoms with Gasteiger partial charge in [0.1, 0.15) is 6.61 Å². The molecule has 33 heavy (non-hydrogen) atoms. The molecule has 6 nitrogen and oxygen atoms in total. The third kappa shape index (κ3) is 5.21. The van der Waals surface area contributed by atoms with E-state index in [9.17, 15) is 4.79 Å². The molecule has 0 radical (unpaired) electrons. The Morgan fingerprint density at radius 3 is 2.30 bits per heavy atom.